The Hall–Kier alpha value is -4.01. The Morgan fingerprint density at radius 2 is 1.73 bits per heavy atom. The largest absolute Gasteiger partial charge is 0.393 e. The molecule has 0 unspecified atom stereocenters. The van der Waals surface area contributed by atoms with Gasteiger partial charge in [0.1, 0.15) is 11.4 Å². The molecule has 3 rings (SSSR count). The number of nitro groups is 1. The van der Waals surface area contributed by atoms with Crippen molar-refractivity contribution in [2.45, 2.75) is 0 Å². The highest BCUT2D eigenvalue weighted by molar-refractivity contribution is 5.99. The molecule has 130 valence electrons. The van der Waals surface area contributed by atoms with Crippen LogP contribution in [0.4, 0.5) is 11.4 Å². The fraction of sp³-hybridized carbons (Fsp3) is 0. The van der Waals surface area contributed by atoms with Crippen LogP contribution in [0.2, 0.25) is 0 Å². The molecule has 0 aliphatic heterocycles. The number of anilines is 1. The normalized spacial score (nSPS) is 10.3. The maximum atomic E-state index is 12.1. The second-order valence-electron chi connectivity index (χ2n) is 5.33. The Balaban J connectivity index is 1.71. The van der Waals surface area contributed by atoms with Gasteiger partial charge in [0.15, 0.2) is 0 Å². The van der Waals surface area contributed by atoms with Crippen LogP contribution in [0.1, 0.15) is 20.8 Å². The van der Waals surface area contributed by atoms with Gasteiger partial charge in [0.2, 0.25) is 0 Å². The average molecular weight is 351 g/mol. The molecule has 4 N–H and O–H groups in total. The first-order valence-electron chi connectivity index (χ1n) is 7.46. The Morgan fingerprint density at radius 3 is 2.50 bits per heavy atom. The van der Waals surface area contributed by atoms with Crippen molar-refractivity contribution in [3.63, 3.8) is 0 Å². The Kier molecular flexibility index (Phi) is 4.44. The molecule has 2 aromatic carbocycles. The number of fused-ring (bicyclic) bond motifs is 1. The number of nitrogens with two attached hydrogens (primary N) is 1. The first-order valence-corrected chi connectivity index (χ1v) is 7.46. The Labute approximate surface area is 147 Å². The summed E-state index contributed by atoms with van der Waals surface area (Å²) in [5.74, 6) is -1.34. The van der Waals surface area contributed by atoms with E-state index in [0.717, 1.165) is 11.5 Å². The van der Waals surface area contributed by atoms with Crippen molar-refractivity contribution in [2.75, 3.05) is 5.73 Å². The van der Waals surface area contributed by atoms with Crippen molar-refractivity contribution < 1.29 is 14.5 Å². The number of aromatic nitrogens is 1. The number of carbonyl (C=O) groups is 2. The lowest BCUT2D eigenvalue weighted by molar-refractivity contribution is -0.383. The van der Waals surface area contributed by atoms with Crippen molar-refractivity contribution >= 4 is 34.1 Å². The molecule has 0 aliphatic carbocycles. The number of benzene rings is 2. The molecule has 2 amide bonds. The molecule has 0 fully saturated rings. The number of pyridine rings is 1. The van der Waals surface area contributed by atoms with Gasteiger partial charge in [-0.25, -0.2) is 4.98 Å². The van der Waals surface area contributed by atoms with Crippen LogP contribution in [-0.2, 0) is 0 Å². The highest BCUT2D eigenvalue weighted by Gasteiger charge is 2.16. The number of amides is 2. The van der Waals surface area contributed by atoms with Crippen LogP contribution in [-0.4, -0.2) is 21.7 Å². The number of carbonyl (C=O) groups excluding carboxylic acids is 2. The molecule has 0 saturated heterocycles. The van der Waals surface area contributed by atoms with Gasteiger partial charge in [0, 0.05) is 17.0 Å². The summed E-state index contributed by atoms with van der Waals surface area (Å²) in [7, 11) is 0. The van der Waals surface area contributed by atoms with Crippen LogP contribution in [0.15, 0.2) is 54.6 Å². The standard InChI is InChI=1S/C17H13N5O4/c18-12-7-5-11(9-15(12)22(25)26)16(23)20-21-17(24)14-8-6-10-3-1-2-4-13(10)19-14/h1-9H,18H2,(H,20,23)(H,21,24). The molecule has 1 aromatic heterocycles. The molecule has 0 spiro atoms. The highest BCUT2D eigenvalue weighted by Crippen LogP contribution is 2.22. The summed E-state index contributed by atoms with van der Waals surface area (Å²) in [6.07, 6.45) is 0. The molecule has 0 aliphatic rings. The van der Waals surface area contributed by atoms with Crippen molar-refractivity contribution in [3.05, 3.63) is 76.0 Å². The van der Waals surface area contributed by atoms with E-state index in [0.29, 0.717) is 5.52 Å². The molecule has 26 heavy (non-hydrogen) atoms. The fourth-order valence-corrected chi connectivity index (χ4v) is 2.29. The number of nitrogen functional groups attached to an aromatic ring is 1. The van der Waals surface area contributed by atoms with E-state index < -0.39 is 16.7 Å². The lowest BCUT2D eigenvalue weighted by Crippen LogP contribution is -2.42. The van der Waals surface area contributed by atoms with Gasteiger partial charge in [-0.05, 0) is 24.3 Å². The first-order chi connectivity index (χ1) is 12.5. The molecule has 9 heteroatoms. The molecule has 3 aromatic rings. The minimum atomic E-state index is -0.720. The van der Waals surface area contributed by atoms with Crippen molar-refractivity contribution in [3.8, 4) is 0 Å². The number of nitro benzene ring substituents is 1. The van der Waals surface area contributed by atoms with Crippen LogP contribution in [0.25, 0.3) is 10.9 Å². The third kappa shape index (κ3) is 3.41. The second kappa shape index (κ2) is 6.85. The number of para-hydroxylation sites is 1. The summed E-state index contributed by atoms with van der Waals surface area (Å²) in [6.45, 7) is 0. The van der Waals surface area contributed by atoms with E-state index in [4.69, 9.17) is 5.73 Å². The van der Waals surface area contributed by atoms with Gasteiger partial charge >= 0.3 is 0 Å². The zero-order chi connectivity index (χ0) is 18.7. The number of nitrogens with zero attached hydrogens (tertiary/aromatic N) is 2. The van der Waals surface area contributed by atoms with Crippen LogP contribution < -0.4 is 16.6 Å². The summed E-state index contributed by atoms with van der Waals surface area (Å²) in [4.78, 5) is 38.6. The maximum absolute atomic E-state index is 12.1. The van der Waals surface area contributed by atoms with E-state index in [1.807, 2.05) is 12.1 Å². The number of hydrazine groups is 1. The molecule has 9 nitrogen and oxygen atoms in total. The molecule has 1 heterocycles. The van der Waals surface area contributed by atoms with Crippen molar-refractivity contribution in [2.24, 2.45) is 0 Å². The van der Waals surface area contributed by atoms with Crippen LogP contribution in [0, 0.1) is 10.1 Å². The lowest BCUT2D eigenvalue weighted by Gasteiger charge is -2.08. The summed E-state index contributed by atoms with van der Waals surface area (Å²) in [5, 5.41) is 11.7. The minimum Gasteiger partial charge on any atom is -0.393 e. The summed E-state index contributed by atoms with van der Waals surface area (Å²) < 4.78 is 0. The van der Waals surface area contributed by atoms with Gasteiger partial charge < -0.3 is 5.73 Å². The van der Waals surface area contributed by atoms with Crippen molar-refractivity contribution in [1.29, 1.82) is 0 Å². The average Bonchev–Trinajstić information content (AvgIpc) is 2.65. The zero-order valence-electron chi connectivity index (χ0n) is 13.3. The molecular weight excluding hydrogens is 338 g/mol. The van der Waals surface area contributed by atoms with E-state index in [1.165, 1.54) is 18.2 Å². The number of nitrogens with one attached hydrogen (secondary N) is 2. The Bertz CT molecular complexity index is 1030. The summed E-state index contributed by atoms with van der Waals surface area (Å²) in [6, 6.07) is 14.1. The molecule has 0 bridgehead atoms. The minimum absolute atomic E-state index is 0.0160. The van der Waals surface area contributed by atoms with Gasteiger partial charge in [-0.3, -0.25) is 30.6 Å². The second-order valence-corrected chi connectivity index (χ2v) is 5.33. The fourth-order valence-electron chi connectivity index (χ4n) is 2.29. The number of hydrogen-bond acceptors (Lipinski definition) is 6. The summed E-state index contributed by atoms with van der Waals surface area (Å²) >= 11 is 0. The first kappa shape index (κ1) is 16.8. The number of hydrogen-bond donors (Lipinski definition) is 3. The van der Waals surface area contributed by atoms with E-state index in [-0.39, 0.29) is 22.6 Å². The van der Waals surface area contributed by atoms with Crippen LogP contribution >= 0.6 is 0 Å². The van der Waals surface area contributed by atoms with Gasteiger partial charge in [-0.1, -0.05) is 24.3 Å². The van der Waals surface area contributed by atoms with E-state index in [9.17, 15) is 19.7 Å². The van der Waals surface area contributed by atoms with Gasteiger partial charge in [-0.15, -0.1) is 0 Å². The molecule has 0 radical (unpaired) electrons. The monoisotopic (exact) mass is 351 g/mol. The predicted molar refractivity (Wildman–Crippen MR) is 94.2 cm³/mol. The maximum Gasteiger partial charge on any atom is 0.292 e. The smallest absolute Gasteiger partial charge is 0.292 e. The highest BCUT2D eigenvalue weighted by atomic mass is 16.6. The van der Waals surface area contributed by atoms with Gasteiger partial charge in [0.25, 0.3) is 17.5 Å². The van der Waals surface area contributed by atoms with Crippen molar-refractivity contribution in [1.82, 2.24) is 15.8 Å². The van der Waals surface area contributed by atoms with Crippen LogP contribution in [0.3, 0.4) is 0 Å². The number of rotatable bonds is 3. The topological polar surface area (TPSA) is 140 Å². The van der Waals surface area contributed by atoms with Gasteiger partial charge in [0.05, 0.1) is 10.4 Å². The summed E-state index contributed by atoms with van der Waals surface area (Å²) in [5.41, 5.74) is 10.2. The van der Waals surface area contributed by atoms with E-state index in [1.54, 1.807) is 18.2 Å². The van der Waals surface area contributed by atoms with Gasteiger partial charge in [-0.2, -0.15) is 0 Å². The quantitative estimate of drug-likeness (QED) is 0.373. The predicted octanol–water partition coefficient (Wildman–Crippen LogP) is 1.80. The van der Waals surface area contributed by atoms with Crippen LogP contribution in [0.5, 0.6) is 0 Å². The van der Waals surface area contributed by atoms with E-state index in [2.05, 4.69) is 15.8 Å². The molecule has 0 atom stereocenters. The Morgan fingerprint density at radius 1 is 1.00 bits per heavy atom. The molecule has 0 saturated carbocycles. The van der Waals surface area contributed by atoms with E-state index >= 15 is 0 Å². The lowest BCUT2D eigenvalue weighted by atomic mass is 10.1. The third-order valence-electron chi connectivity index (χ3n) is 3.61. The zero-order valence-corrected chi connectivity index (χ0v) is 13.3. The molecular formula is C17H13N5O4. The third-order valence-corrected chi connectivity index (χ3v) is 3.61. The SMILES string of the molecule is Nc1ccc(C(=O)NNC(=O)c2ccc3ccccc3n2)cc1[N+](=O)[O-].